The molecule has 0 radical (unpaired) electrons. The van der Waals surface area contributed by atoms with Crippen molar-refractivity contribution in [2.24, 2.45) is 0 Å². The van der Waals surface area contributed by atoms with Crippen LogP contribution < -0.4 is 9.47 Å². The Hall–Kier alpha value is -2.31. The second-order valence-electron chi connectivity index (χ2n) is 3.95. The summed E-state index contributed by atoms with van der Waals surface area (Å²) in [6, 6.07) is 4.17. The minimum atomic E-state index is -0.935. The number of nitro benzene ring substituents is 1. The Kier molecular flexibility index (Phi) is 5.11. The largest absolute Gasteiger partial charge is 0.497 e. The Bertz CT molecular complexity index is 473. The van der Waals surface area contributed by atoms with Crippen molar-refractivity contribution in [2.45, 2.75) is 25.9 Å². The van der Waals surface area contributed by atoms with Crippen molar-refractivity contribution in [3.8, 4) is 11.5 Å². The van der Waals surface area contributed by atoms with E-state index in [0.29, 0.717) is 5.75 Å². The molecule has 0 fully saturated rings. The van der Waals surface area contributed by atoms with Gasteiger partial charge in [0.25, 0.3) is 0 Å². The topological polar surface area (TPSA) is 98.9 Å². The summed E-state index contributed by atoms with van der Waals surface area (Å²) in [5, 5.41) is 19.4. The lowest BCUT2D eigenvalue weighted by Gasteiger charge is -2.14. The molecule has 19 heavy (non-hydrogen) atoms. The van der Waals surface area contributed by atoms with Gasteiger partial charge in [-0.3, -0.25) is 14.9 Å². The highest BCUT2D eigenvalue weighted by atomic mass is 16.6. The summed E-state index contributed by atoms with van der Waals surface area (Å²) in [4.78, 5) is 20.8. The van der Waals surface area contributed by atoms with Crippen molar-refractivity contribution >= 4 is 11.7 Å². The number of carbonyl (C=O) groups is 1. The highest BCUT2D eigenvalue weighted by molar-refractivity contribution is 5.66. The Morgan fingerprint density at radius 3 is 2.74 bits per heavy atom. The summed E-state index contributed by atoms with van der Waals surface area (Å²) in [5.74, 6) is -0.427. The zero-order chi connectivity index (χ0) is 14.4. The molecule has 7 nitrogen and oxygen atoms in total. The minimum absolute atomic E-state index is 0.0566. The van der Waals surface area contributed by atoms with Crippen LogP contribution in [0.1, 0.15) is 19.8 Å². The van der Waals surface area contributed by atoms with E-state index in [1.54, 1.807) is 6.92 Å². The molecule has 0 aliphatic rings. The summed E-state index contributed by atoms with van der Waals surface area (Å²) in [6.45, 7) is 1.66. The maximum absolute atomic E-state index is 10.9. The summed E-state index contributed by atoms with van der Waals surface area (Å²) in [7, 11) is 1.44. The van der Waals surface area contributed by atoms with Gasteiger partial charge < -0.3 is 14.6 Å². The molecule has 0 heterocycles. The van der Waals surface area contributed by atoms with Crippen LogP contribution in [0.2, 0.25) is 0 Å². The third-order valence-corrected chi connectivity index (χ3v) is 2.46. The third-order valence-electron chi connectivity index (χ3n) is 2.46. The van der Waals surface area contributed by atoms with Crippen molar-refractivity contribution in [1.29, 1.82) is 0 Å². The maximum atomic E-state index is 10.9. The fourth-order valence-electron chi connectivity index (χ4n) is 1.47. The quantitative estimate of drug-likeness (QED) is 0.602. The number of carboxylic acids is 1. The van der Waals surface area contributed by atoms with Gasteiger partial charge in [-0.15, -0.1) is 0 Å². The molecule has 1 unspecified atom stereocenters. The molecule has 1 atom stereocenters. The van der Waals surface area contributed by atoms with Gasteiger partial charge in [0.1, 0.15) is 5.75 Å². The van der Waals surface area contributed by atoms with E-state index in [1.165, 1.54) is 25.3 Å². The molecule has 104 valence electrons. The van der Waals surface area contributed by atoms with Gasteiger partial charge in [-0.1, -0.05) is 0 Å². The van der Waals surface area contributed by atoms with Gasteiger partial charge in [0.15, 0.2) is 0 Å². The number of nitrogens with zero attached hydrogens (tertiary/aromatic N) is 1. The van der Waals surface area contributed by atoms with E-state index in [4.69, 9.17) is 14.6 Å². The SMILES string of the molecule is COc1ccc([N+](=O)[O-])c(OC(C)CCC(=O)O)c1. The predicted molar refractivity (Wildman–Crippen MR) is 66.6 cm³/mol. The number of rotatable bonds is 7. The van der Waals surface area contributed by atoms with Crippen molar-refractivity contribution in [2.75, 3.05) is 7.11 Å². The molecule has 1 rings (SSSR count). The molecular formula is C12H15NO6. The molecule has 1 N–H and O–H groups in total. The lowest BCUT2D eigenvalue weighted by atomic mass is 10.2. The molecular weight excluding hydrogens is 254 g/mol. The van der Waals surface area contributed by atoms with E-state index in [1.807, 2.05) is 0 Å². The number of hydrogen-bond donors (Lipinski definition) is 1. The molecule has 1 aromatic carbocycles. The lowest BCUT2D eigenvalue weighted by molar-refractivity contribution is -0.386. The van der Waals surface area contributed by atoms with Crippen LogP contribution in [-0.2, 0) is 4.79 Å². The van der Waals surface area contributed by atoms with Crippen LogP contribution in [-0.4, -0.2) is 29.2 Å². The predicted octanol–water partition coefficient (Wildman–Crippen LogP) is 2.24. The first-order chi connectivity index (χ1) is 8.93. The number of methoxy groups -OCH3 is 1. The van der Waals surface area contributed by atoms with E-state index < -0.39 is 17.0 Å². The van der Waals surface area contributed by atoms with E-state index >= 15 is 0 Å². The Labute approximate surface area is 109 Å². The van der Waals surface area contributed by atoms with Crippen LogP contribution >= 0.6 is 0 Å². The number of nitro groups is 1. The van der Waals surface area contributed by atoms with Crippen molar-refractivity contribution in [3.63, 3.8) is 0 Å². The average molecular weight is 269 g/mol. The van der Waals surface area contributed by atoms with Gasteiger partial charge in [-0.25, -0.2) is 0 Å². The van der Waals surface area contributed by atoms with E-state index in [-0.39, 0.29) is 24.3 Å². The number of hydrogen-bond acceptors (Lipinski definition) is 5. The highest BCUT2D eigenvalue weighted by Gasteiger charge is 2.18. The molecule has 0 saturated carbocycles. The number of aliphatic carboxylic acids is 1. The number of benzene rings is 1. The van der Waals surface area contributed by atoms with Crippen LogP contribution in [0.25, 0.3) is 0 Å². The summed E-state index contributed by atoms with van der Waals surface area (Å²) >= 11 is 0. The Morgan fingerprint density at radius 1 is 1.53 bits per heavy atom. The summed E-state index contributed by atoms with van der Waals surface area (Å²) in [6.07, 6.45) is -0.232. The normalized spacial score (nSPS) is 11.7. The fraction of sp³-hybridized carbons (Fsp3) is 0.417. The molecule has 7 heteroatoms. The van der Waals surface area contributed by atoms with E-state index in [9.17, 15) is 14.9 Å². The molecule has 0 aliphatic carbocycles. The van der Waals surface area contributed by atoms with Gasteiger partial charge in [0.2, 0.25) is 5.75 Å². The van der Waals surface area contributed by atoms with Gasteiger partial charge in [-0.05, 0) is 19.4 Å². The Morgan fingerprint density at radius 2 is 2.21 bits per heavy atom. The van der Waals surface area contributed by atoms with Crippen molar-refractivity contribution in [3.05, 3.63) is 28.3 Å². The van der Waals surface area contributed by atoms with Crippen molar-refractivity contribution < 1.29 is 24.3 Å². The number of carboxylic acid groups (broad SMARTS) is 1. The monoisotopic (exact) mass is 269 g/mol. The fourth-order valence-corrected chi connectivity index (χ4v) is 1.47. The van der Waals surface area contributed by atoms with Crippen LogP contribution in [0.4, 0.5) is 5.69 Å². The average Bonchev–Trinajstić information content (AvgIpc) is 2.35. The first-order valence-electron chi connectivity index (χ1n) is 5.65. The van der Waals surface area contributed by atoms with Crippen LogP contribution in [0, 0.1) is 10.1 Å². The molecule has 0 aromatic heterocycles. The van der Waals surface area contributed by atoms with Gasteiger partial charge in [-0.2, -0.15) is 0 Å². The molecule has 0 spiro atoms. The first-order valence-corrected chi connectivity index (χ1v) is 5.65. The summed E-state index contributed by atoms with van der Waals surface area (Å²) in [5.41, 5.74) is -0.178. The second kappa shape index (κ2) is 6.58. The molecule has 0 aliphatic heterocycles. The Balaban J connectivity index is 2.84. The smallest absolute Gasteiger partial charge is 0.311 e. The van der Waals surface area contributed by atoms with Crippen LogP contribution in [0.5, 0.6) is 11.5 Å². The molecule has 1 aromatic rings. The highest BCUT2D eigenvalue weighted by Crippen LogP contribution is 2.32. The van der Waals surface area contributed by atoms with Gasteiger partial charge >= 0.3 is 11.7 Å². The molecule has 0 saturated heterocycles. The third kappa shape index (κ3) is 4.46. The standard InChI is InChI=1S/C12H15NO6/c1-8(3-6-12(14)15)19-11-7-9(18-2)4-5-10(11)13(16)17/h4-5,7-8H,3,6H2,1-2H3,(H,14,15). The van der Waals surface area contributed by atoms with Crippen molar-refractivity contribution in [1.82, 2.24) is 0 Å². The molecule has 0 bridgehead atoms. The van der Waals surface area contributed by atoms with Crippen LogP contribution in [0.15, 0.2) is 18.2 Å². The molecule has 0 amide bonds. The van der Waals surface area contributed by atoms with E-state index in [2.05, 4.69) is 0 Å². The zero-order valence-corrected chi connectivity index (χ0v) is 10.7. The van der Waals surface area contributed by atoms with Gasteiger partial charge in [0, 0.05) is 18.6 Å². The van der Waals surface area contributed by atoms with Gasteiger partial charge in [0.05, 0.1) is 18.1 Å². The second-order valence-corrected chi connectivity index (χ2v) is 3.95. The van der Waals surface area contributed by atoms with E-state index in [0.717, 1.165) is 0 Å². The first kappa shape index (κ1) is 14.7. The number of ether oxygens (including phenoxy) is 2. The maximum Gasteiger partial charge on any atom is 0.311 e. The summed E-state index contributed by atoms with van der Waals surface area (Å²) < 4.78 is 10.4. The van der Waals surface area contributed by atoms with Crippen LogP contribution in [0.3, 0.4) is 0 Å². The zero-order valence-electron chi connectivity index (χ0n) is 10.7. The lowest BCUT2D eigenvalue weighted by Crippen LogP contribution is -2.14. The minimum Gasteiger partial charge on any atom is -0.497 e.